The first-order valence-electron chi connectivity index (χ1n) is 10.7. The van der Waals surface area contributed by atoms with E-state index in [-0.39, 0.29) is 5.41 Å². The molecule has 169 valence electrons. The second-order valence-corrected chi connectivity index (χ2v) is 11.2. The molecule has 0 saturated carbocycles. The Labute approximate surface area is 203 Å². The molecule has 1 aromatic rings. The fourth-order valence-electron chi connectivity index (χ4n) is 2.26. The number of rotatable bonds is 4. The molecule has 0 saturated heterocycles. The van der Waals surface area contributed by atoms with Crippen molar-refractivity contribution in [1.82, 2.24) is 0 Å². The number of allylic oxidation sites excluding steroid dienone is 7. The summed E-state index contributed by atoms with van der Waals surface area (Å²) in [6.07, 6.45) is 12.3. The van der Waals surface area contributed by atoms with Crippen molar-refractivity contribution in [2.75, 3.05) is 7.11 Å². The third-order valence-corrected chi connectivity index (χ3v) is 4.18. The van der Waals surface area contributed by atoms with E-state index in [2.05, 4.69) is 93.6 Å². The zero-order valence-electron chi connectivity index (χ0n) is 21.2. The maximum absolute atomic E-state index is 5.68. The molecule has 31 heavy (non-hydrogen) atoms. The van der Waals surface area contributed by atoms with Crippen LogP contribution in [0.3, 0.4) is 0 Å². The molecule has 0 spiro atoms. The van der Waals surface area contributed by atoms with E-state index >= 15 is 0 Å². The molecule has 1 aliphatic carbocycles. The summed E-state index contributed by atoms with van der Waals surface area (Å²) < 4.78 is 12.3. The van der Waals surface area contributed by atoms with Gasteiger partial charge in [-0.2, -0.15) is 11.6 Å². The molecule has 2 rings (SSSR count). The first-order valence-corrected chi connectivity index (χ1v) is 11.5. The number of benzene rings is 1. The van der Waals surface area contributed by atoms with E-state index < -0.39 is 0 Å². The molecule has 0 aromatic heterocycles. The molecule has 0 N–H and O–H groups in total. The van der Waals surface area contributed by atoms with E-state index in [1.165, 1.54) is 9.38 Å². The van der Waals surface area contributed by atoms with Crippen LogP contribution in [0, 0.1) is 16.9 Å². The van der Waals surface area contributed by atoms with Crippen molar-refractivity contribution in [3.8, 4) is 5.75 Å². The summed E-state index contributed by atoms with van der Waals surface area (Å²) >= 11 is 2.08. The predicted octanol–water partition coefficient (Wildman–Crippen LogP) is 8.01. The fraction of sp³-hybridized carbons (Fsp3) is 0.464. The van der Waals surface area contributed by atoms with Crippen LogP contribution in [0.4, 0.5) is 0 Å². The number of ether oxygens (including phenoxy) is 2. The van der Waals surface area contributed by atoms with E-state index in [0.717, 1.165) is 23.5 Å². The van der Waals surface area contributed by atoms with Crippen LogP contribution < -0.4 is 4.74 Å². The van der Waals surface area contributed by atoms with Crippen molar-refractivity contribution in [3.05, 3.63) is 77.8 Å². The third-order valence-electron chi connectivity index (χ3n) is 4.18. The van der Waals surface area contributed by atoms with Gasteiger partial charge in [0.1, 0.15) is 5.75 Å². The summed E-state index contributed by atoms with van der Waals surface area (Å²) in [6, 6.07) is 9.75. The van der Waals surface area contributed by atoms with E-state index in [1.54, 1.807) is 13.4 Å². The van der Waals surface area contributed by atoms with Crippen LogP contribution in [0.5, 0.6) is 5.75 Å². The summed E-state index contributed by atoms with van der Waals surface area (Å²) in [6.45, 7) is 19.2. The summed E-state index contributed by atoms with van der Waals surface area (Å²) in [5.41, 5.74) is 2.84. The van der Waals surface area contributed by atoms with Crippen molar-refractivity contribution in [3.63, 3.8) is 0 Å². The van der Waals surface area contributed by atoms with Gasteiger partial charge in [0.2, 0.25) is 0 Å². The molecule has 0 heterocycles. The van der Waals surface area contributed by atoms with Crippen LogP contribution in [0.25, 0.3) is 0 Å². The Balaban J connectivity index is 0.000000571. The Bertz CT molecular complexity index is 779. The van der Waals surface area contributed by atoms with E-state index in [4.69, 9.17) is 9.47 Å². The standard InChI is InChI=1S/C16H22O2.C9H13.C3H6.Ti/c1-13(17-5)11-14(16(2,3)4)12-18-15-9-7-6-8-10-15;1-9(2,3)8-6-4-5-7-8;1-3-2;/h6-12H,1-5H3;6-7H,4H2,1-3H3;1-2H3;/q;-1;;+1. The number of para-hydroxylation sites is 1. The Morgan fingerprint density at radius 2 is 1.55 bits per heavy atom. The van der Waals surface area contributed by atoms with Crippen molar-refractivity contribution < 1.29 is 29.4 Å². The van der Waals surface area contributed by atoms with Crippen molar-refractivity contribution in [1.29, 1.82) is 0 Å². The van der Waals surface area contributed by atoms with Crippen LogP contribution in [0.2, 0.25) is 0 Å². The minimum absolute atomic E-state index is 0.00850. The first-order chi connectivity index (χ1) is 14.3. The summed E-state index contributed by atoms with van der Waals surface area (Å²) in [7, 11) is 1.67. The summed E-state index contributed by atoms with van der Waals surface area (Å²) in [5.74, 6) is 1.70. The van der Waals surface area contributed by atoms with Crippen LogP contribution in [0.1, 0.15) is 68.7 Å². The molecule has 0 radical (unpaired) electrons. The van der Waals surface area contributed by atoms with Gasteiger partial charge in [0.15, 0.2) is 0 Å². The van der Waals surface area contributed by atoms with Crippen molar-refractivity contribution >= 4 is 3.81 Å². The molecule has 2 nitrogen and oxygen atoms in total. The second-order valence-electron chi connectivity index (χ2n) is 9.68. The van der Waals surface area contributed by atoms with E-state index in [1.807, 2.05) is 43.3 Å². The van der Waals surface area contributed by atoms with Gasteiger partial charge in [0.25, 0.3) is 0 Å². The normalized spacial score (nSPS) is 14.0. The van der Waals surface area contributed by atoms with Crippen molar-refractivity contribution in [2.45, 2.75) is 68.7 Å². The molecule has 0 atom stereocenters. The van der Waals surface area contributed by atoms with Gasteiger partial charge in [-0.3, -0.25) is 6.08 Å². The predicted molar refractivity (Wildman–Crippen MR) is 132 cm³/mol. The maximum atomic E-state index is 5.68. The Morgan fingerprint density at radius 1 is 1.00 bits per heavy atom. The van der Waals surface area contributed by atoms with Gasteiger partial charge in [-0.15, -0.1) is 6.42 Å². The van der Waals surface area contributed by atoms with Crippen LogP contribution in [-0.4, -0.2) is 10.9 Å². The van der Waals surface area contributed by atoms with Crippen LogP contribution in [0.15, 0.2) is 71.7 Å². The van der Waals surface area contributed by atoms with Gasteiger partial charge in [-0.25, -0.2) is 6.08 Å². The summed E-state index contributed by atoms with van der Waals surface area (Å²) in [4.78, 5) is 0. The van der Waals surface area contributed by atoms with E-state index in [9.17, 15) is 0 Å². The molecule has 0 unspecified atom stereocenters. The molecule has 1 aromatic carbocycles. The molecular formula is C28H41O2Ti. The molecule has 0 fully saturated rings. The van der Waals surface area contributed by atoms with Gasteiger partial charge in [-0.05, 0) is 36.1 Å². The monoisotopic (exact) mass is 457 g/mol. The Morgan fingerprint density at radius 3 is 1.90 bits per heavy atom. The number of methoxy groups -OCH3 is 1. The molecule has 1 aliphatic rings. The third kappa shape index (κ3) is 14.9. The minimum atomic E-state index is 0.00850. The van der Waals surface area contributed by atoms with Gasteiger partial charge >= 0.3 is 37.6 Å². The quantitative estimate of drug-likeness (QED) is 0.197. The van der Waals surface area contributed by atoms with Crippen LogP contribution in [-0.2, 0) is 24.7 Å². The first kappa shape index (κ1) is 29.4. The van der Waals surface area contributed by atoms with Gasteiger partial charge in [-0.1, -0.05) is 65.2 Å². The van der Waals surface area contributed by atoms with Gasteiger partial charge in [0, 0.05) is 0 Å². The average molecular weight is 458 g/mol. The SMILES string of the molecule is CC(C)(C)C1=CC[C-]=C1.COC(C)=CC(=COc1ccccc1)C(C)(C)C.C[C](C)=[Ti+]. The molecule has 0 aliphatic heterocycles. The molecular weight excluding hydrogens is 416 g/mol. The zero-order chi connectivity index (χ0) is 24.1. The molecule has 3 heteroatoms. The number of hydrogen-bond acceptors (Lipinski definition) is 2. The van der Waals surface area contributed by atoms with E-state index in [0.29, 0.717) is 5.41 Å². The van der Waals surface area contributed by atoms with Crippen molar-refractivity contribution in [2.24, 2.45) is 10.8 Å². The Kier molecular flexibility index (Phi) is 13.7. The average Bonchev–Trinajstić information content (AvgIpc) is 3.20. The summed E-state index contributed by atoms with van der Waals surface area (Å²) in [5, 5.41) is 0. The van der Waals surface area contributed by atoms with Crippen LogP contribution >= 0.6 is 0 Å². The fourth-order valence-corrected chi connectivity index (χ4v) is 2.26. The Hall–Kier alpha value is -1.64. The second kappa shape index (κ2) is 14.4. The molecule has 0 amide bonds. The zero-order valence-corrected chi connectivity index (χ0v) is 22.8. The topological polar surface area (TPSA) is 18.5 Å². The van der Waals surface area contributed by atoms with Gasteiger partial charge < -0.3 is 9.47 Å². The number of hydrogen-bond donors (Lipinski definition) is 0. The van der Waals surface area contributed by atoms with Gasteiger partial charge in [0.05, 0.1) is 19.1 Å². The molecule has 0 bridgehead atoms.